The molecule has 3 heterocycles. The zero-order chi connectivity index (χ0) is 16.1. The molecule has 0 radical (unpaired) electrons. The smallest absolute Gasteiger partial charge is 0.319 e. The van der Waals surface area contributed by atoms with Crippen LogP contribution in [0.25, 0.3) is 22.3 Å². The minimum Gasteiger partial charge on any atom is -0.465 e. The third kappa shape index (κ3) is 2.23. The van der Waals surface area contributed by atoms with E-state index in [4.69, 9.17) is 4.74 Å². The summed E-state index contributed by atoms with van der Waals surface area (Å²) in [5.74, 6) is 0.739. The van der Waals surface area contributed by atoms with Gasteiger partial charge in [-0.3, -0.25) is 9.36 Å². The van der Waals surface area contributed by atoms with Crippen molar-refractivity contribution in [1.29, 1.82) is 0 Å². The van der Waals surface area contributed by atoms with E-state index in [-0.39, 0.29) is 11.2 Å². The van der Waals surface area contributed by atoms with Gasteiger partial charge in [-0.2, -0.15) is 0 Å². The standard InChI is InChI=1S/C17H16N4O2S/c22-16-14(7-8-23-16)24-17-20-19-15(21(17)10-5-6-10)12-9-18-13-4-2-1-3-11(12)13/h1-4,9-10,14,18H,5-8H2/t14-/m1/s1. The fourth-order valence-corrected chi connectivity index (χ4v) is 4.24. The fraction of sp³-hybridized carbons (Fsp3) is 0.353. The number of para-hydroxylation sites is 1. The molecule has 1 saturated heterocycles. The van der Waals surface area contributed by atoms with Crippen LogP contribution in [0.2, 0.25) is 0 Å². The molecule has 1 aromatic carbocycles. The number of nitrogens with one attached hydrogen (secondary N) is 1. The Morgan fingerprint density at radius 1 is 1.21 bits per heavy atom. The number of esters is 1. The van der Waals surface area contributed by atoms with E-state index in [1.807, 2.05) is 18.3 Å². The van der Waals surface area contributed by atoms with Crippen molar-refractivity contribution in [2.24, 2.45) is 0 Å². The first-order valence-electron chi connectivity index (χ1n) is 8.16. The summed E-state index contributed by atoms with van der Waals surface area (Å²) in [5.41, 5.74) is 2.15. The van der Waals surface area contributed by atoms with E-state index in [1.165, 1.54) is 11.8 Å². The lowest BCUT2D eigenvalue weighted by Gasteiger charge is -2.09. The Labute approximate surface area is 142 Å². The minimum absolute atomic E-state index is 0.140. The van der Waals surface area contributed by atoms with Gasteiger partial charge in [-0.05, 0) is 18.9 Å². The molecule has 7 heteroatoms. The molecule has 3 aromatic rings. The number of carbonyl (C=O) groups is 1. The van der Waals surface area contributed by atoms with Crippen LogP contribution in [-0.4, -0.2) is 37.6 Å². The molecule has 1 aliphatic carbocycles. The van der Waals surface area contributed by atoms with Gasteiger partial charge in [0.15, 0.2) is 11.0 Å². The number of thioether (sulfide) groups is 1. The number of fused-ring (bicyclic) bond motifs is 1. The molecule has 1 atom stereocenters. The monoisotopic (exact) mass is 340 g/mol. The van der Waals surface area contributed by atoms with Crippen molar-refractivity contribution in [2.75, 3.05) is 6.61 Å². The zero-order valence-electron chi connectivity index (χ0n) is 12.9. The van der Waals surface area contributed by atoms with Gasteiger partial charge in [-0.25, -0.2) is 0 Å². The summed E-state index contributed by atoms with van der Waals surface area (Å²) < 4.78 is 7.27. The average Bonchev–Trinajstić information content (AvgIpc) is 3.02. The highest BCUT2D eigenvalue weighted by molar-refractivity contribution is 8.00. The number of hydrogen-bond acceptors (Lipinski definition) is 5. The van der Waals surface area contributed by atoms with Gasteiger partial charge in [-0.1, -0.05) is 30.0 Å². The molecule has 0 unspecified atom stereocenters. The van der Waals surface area contributed by atoms with Gasteiger partial charge in [0.1, 0.15) is 5.25 Å². The minimum atomic E-state index is -0.164. The Hall–Kier alpha value is -2.28. The van der Waals surface area contributed by atoms with E-state index in [0.29, 0.717) is 12.6 Å². The maximum atomic E-state index is 11.8. The van der Waals surface area contributed by atoms with E-state index >= 15 is 0 Å². The predicted octanol–water partition coefficient (Wildman–Crippen LogP) is 3.17. The number of H-pyrrole nitrogens is 1. The van der Waals surface area contributed by atoms with Gasteiger partial charge in [0.25, 0.3) is 0 Å². The number of cyclic esters (lactones) is 1. The summed E-state index contributed by atoms with van der Waals surface area (Å²) in [5, 5.41) is 10.6. The van der Waals surface area contributed by atoms with Crippen molar-refractivity contribution in [3.05, 3.63) is 30.5 Å². The average molecular weight is 340 g/mol. The number of hydrogen-bond donors (Lipinski definition) is 1. The maximum absolute atomic E-state index is 11.8. The van der Waals surface area contributed by atoms with Crippen LogP contribution in [0, 0.1) is 0 Å². The Morgan fingerprint density at radius 2 is 2.08 bits per heavy atom. The summed E-state index contributed by atoms with van der Waals surface area (Å²) in [7, 11) is 0. The van der Waals surface area contributed by atoms with Crippen molar-refractivity contribution < 1.29 is 9.53 Å². The molecule has 0 spiro atoms. The first-order chi connectivity index (χ1) is 11.8. The van der Waals surface area contributed by atoms with Crippen molar-refractivity contribution in [2.45, 2.75) is 35.7 Å². The summed E-state index contributed by atoms with van der Waals surface area (Å²) in [4.78, 5) is 15.1. The summed E-state index contributed by atoms with van der Waals surface area (Å²) in [6.07, 6.45) is 5.00. The van der Waals surface area contributed by atoms with Crippen LogP contribution in [-0.2, 0) is 9.53 Å². The van der Waals surface area contributed by atoms with Gasteiger partial charge in [0.05, 0.1) is 6.61 Å². The van der Waals surface area contributed by atoms with Crippen molar-refractivity contribution in [3.63, 3.8) is 0 Å². The lowest BCUT2D eigenvalue weighted by atomic mass is 10.1. The molecule has 1 saturated carbocycles. The Bertz CT molecular complexity index is 928. The highest BCUT2D eigenvalue weighted by Crippen LogP contribution is 2.43. The van der Waals surface area contributed by atoms with E-state index in [2.05, 4.69) is 31.9 Å². The highest BCUT2D eigenvalue weighted by Gasteiger charge is 2.34. The first-order valence-corrected chi connectivity index (χ1v) is 9.04. The van der Waals surface area contributed by atoms with Crippen LogP contribution in [0.3, 0.4) is 0 Å². The molecule has 2 aliphatic rings. The molecule has 6 nitrogen and oxygen atoms in total. The second-order valence-corrected chi connectivity index (χ2v) is 7.39. The van der Waals surface area contributed by atoms with E-state index in [0.717, 1.165) is 46.7 Å². The lowest BCUT2D eigenvalue weighted by molar-refractivity contribution is -0.137. The summed E-state index contributed by atoms with van der Waals surface area (Å²) in [6.45, 7) is 0.503. The third-order valence-electron chi connectivity index (χ3n) is 4.54. The molecule has 122 valence electrons. The van der Waals surface area contributed by atoms with Gasteiger partial charge < -0.3 is 9.72 Å². The first kappa shape index (κ1) is 14.1. The van der Waals surface area contributed by atoms with Crippen LogP contribution in [0.1, 0.15) is 25.3 Å². The zero-order valence-corrected chi connectivity index (χ0v) is 13.8. The fourth-order valence-electron chi connectivity index (χ4n) is 3.17. The SMILES string of the molecule is O=C1OCC[C@H]1Sc1nnc(-c2c[nH]c3ccccc23)n1C1CC1. The number of aromatic amines is 1. The number of aromatic nitrogens is 4. The van der Waals surface area contributed by atoms with Gasteiger partial charge in [0, 0.05) is 35.1 Å². The van der Waals surface area contributed by atoms with Gasteiger partial charge in [0.2, 0.25) is 0 Å². The number of nitrogens with zero attached hydrogens (tertiary/aromatic N) is 3. The number of rotatable bonds is 4. The Balaban J connectivity index is 1.58. The quantitative estimate of drug-likeness (QED) is 0.739. The predicted molar refractivity (Wildman–Crippen MR) is 90.8 cm³/mol. The van der Waals surface area contributed by atoms with Crippen LogP contribution < -0.4 is 0 Å². The molecule has 5 rings (SSSR count). The van der Waals surface area contributed by atoms with E-state index in [1.54, 1.807) is 0 Å². The van der Waals surface area contributed by atoms with Crippen LogP contribution in [0.5, 0.6) is 0 Å². The highest BCUT2D eigenvalue weighted by atomic mass is 32.2. The van der Waals surface area contributed by atoms with Crippen molar-refractivity contribution >= 4 is 28.6 Å². The molecule has 0 amide bonds. The van der Waals surface area contributed by atoms with E-state index < -0.39 is 0 Å². The third-order valence-corrected chi connectivity index (χ3v) is 5.74. The molecule has 1 aliphatic heterocycles. The van der Waals surface area contributed by atoms with Gasteiger partial charge >= 0.3 is 5.97 Å². The second-order valence-electron chi connectivity index (χ2n) is 6.22. The summed E-state index contributed by atoms with van der Waals surface area (Å²) >= 11 is 1.48. The molecule has 24 heavy (non-hydrogen) atoms. The van der Waals surface area contributed by atoms with Gasteiger partial charge in [-0.15, -0.1) is 10.2 Å². The Kier molecular flexibility index (Phi) is 3.16. The molecule has 2 aromatic heterocycles. The molecular weight excluding hydrogens is 324 g/mol. The molecule has 1 N–H and O–H groups in total. The normalized spacial score (nSPS) is 20.7. The van der Waals surface area contributed by atoms with Crippen molar-refractivity contribution in [3.8, 4) is 11.4 Å². The lowest BCUT2D eigenvalue weighted by Crippen LogP contribution is -2.11. The second kappa shape index (κ2) is 5.37. The van der Waals surface area contributed by atoms with E-state index in [9.17, 15) is 4.79 Å². The summed E-state index contributed by atoms with van der Waals surface area (Å²) in [6, 6.07) is 8.63. The molecule has 0 bridgehead atoms. The van der Waals surface area contributed by atoms with Crippen LogP contribution in [0.15, 0.2) is 35.6 Å². The maximum Gasteiger partial charge on any atom is 0.319 e. The van der Waals surface area contributed by atoms with Crippen molar-refractivity contribution in [1.82, 2.24) is 19.7 Å². The number of ether oxygens (including phenoxy) is 1. The molecule has 2 fully saturated rings. The topological polar surface area (TPSA) is 72.8 Å². The number of benzene rings is 1. The van der Waals surface area contributed by atoms with Crippen LogP contribution in [0.4, 0.5) is 0 Å². The van der Waals surface area contributed by atoms with Crippen LogP contribution >= 0.6 is 11.8 Å². The largest absolute Gasteiger partial charge is 0.465 e. The number of carbonyl (C=O) groups excluding carboxylic acids is 1. The molecular formula is C17H16N4O2S. The Morgan fingerprint density at radius 3 is 2.88 bits per heavy atom.